The molecule has 0 amide bonds. The van der Waals surface area contributed by atoms with Gasteiger partial charge >= 0.3 is 0 Å². The van der Waals surface area contributed by atoms with Crippen LogP contribution in [0, 0.1) is 5.92 Å². The fourth-order valence-corrected chi connectivity index (χ4v) is 3.39. The maximum atomic E-state index is 5.92. The van der Waals surface area contributed by atoms with Crippen LogP contribution >= 0.6 is 0 Å². The van der Waals surface area contributed by atoms with Crippen LogP contribution < -0.4 is 9.64 Å². The van der Waals surface area contributed by atoms with E-state index in [9.17, 15) is 0 Å². The summed E-state index contributed by atoms with van der Waals surface area (Å²) in [5.41, 5.74) is 0. The Balaban J connectivity index is 1.46. The number of quaternary nitrogens is 1. The summed E-state index contributed by atoms with van der Waals surface area (Å²) >= 11 is 0. The van der Waals surface area contributed by atoms with Gasteiger partial charge in [-0.25, -0.2) is 0 Å². The molecule has 1 saturated heterocycles. The Morgan fingerprint density at radius 3 is 2.86 bits per heavy atom. The van der Waals surface area contributed by atoms with Crippen molar-refractivity contribution in [3.63, 3.8) is 0 Å². The second-order valence-corrected chi connectivity index (χ2v) is 6.41. The van der Waals surface area contributed by atoms with Crippen LogP contribution in [0.25, 0.3) is 10.8 Å². The highest BCUT2D eigenvalue weighted by atomic mass is 16.5. The summed E-state index contributed by atoms with van der Waals surface area (Å²) in [6.45, 7) is 7.15. The predicted octanol–water partition coefficient (Wildman–Crippen LogP) is 2.92. The van der Waals surface area contributed by atoms with Crippen molar-refractivity contribution in [2.45, 2.75) is 26.2 Å². The van der Waals surface area contributed by atoms with Gasteiger partial charge in [-0.1, -0.05) is 37.3 Å². The van der Waals surface area contributed by atoms with Crippen LogP contribution in [0.5, 0.6) is 5.75 Å². The van der Waals surface area contributed by atoms with Gasteiger partial charge in [-0.05, 0) is 35.7 Å². The Labute approximate surface area is 127 Å². The highest BCUT2D eigenvalue weighted by molar-refractivity contribution is 5.83. The van der Waals surface area contributed by atoms with Crippen LogP contribution in [-0.4, -0.2) is 26.2 Å². The van der Waals surface area contributed by atoms with Crippen molar-refractivity contribution in [3.8, 4) is 5.75 Å². The first-order chi connectivity index (χ1) is 10.3. The summed E-state index contributed by atoms with van der Waals surface area (Å²) in [5, 5.41) is 2.53. The molecule has 1 aliphatic heterocycles. The lowest BCUT2D eigenvalue weighted by molar-refractivity contribution is -0.908. The molecule has 0 saturated carbocycles. The molecule has 1 aliphatic rings. The van der Waals surface area contributed by atoms with Crippen molar-refractivity contribution in [2.75, 3.05) is 26.2 Å². The molecule has 21 heavy (non-hydrogen) atoms. The molecule has 0 aromatic heterocycles. The van der Waals surface area contributed by atoms with Gasteiger partial charge in [0, 0.05) is 12.3 Å². The van der Waals surface area contributed by atoms with Gasteiger partial charge in [0.2, 0.25) is 0 Å². The van der Waals surface area contributed by atoms with Gasteiger partial charge < -0.3 is 9.64 Å². The Hall–Kier alpha value is -1.54. The smallest absolute Gasteiger partial charge is 0.119 e. The molecule has 3 rings (SSSR count). The van der Waals surface area contributed by atoms with E-state index in [-0.39, 0.29) is 0 Å². The lowest BCUT2D eigenvalue weighted by Gasteiger charge is -2.27. The zero-order valence-corrected chi connectivity index (χ0v) is 13.0. The molecule has 1 N–H and O–H groups in total. The lowest BCUT2D eigenvalue weighted by atomic mass is 10.0. The SMILES string of the molecule is C[C@@H]1CCC[NH+](CCCOc2ccc3ccccc3c2)C1. The molecule has 1 unspecified atom stereocenters. The third kappa shape index (κ3) is 3.98. The molecule has 2 aromatic rings. The summed E-state index contributed by atoms with van der Waals surface area (Å²) in [6.07, 6.45) is 3.95. The van der Waals surface area contributed by atoms with E-state index in [0.717, 1.165) is 24.7 Å². The third-order valence-corrected chi connectivity index (χ3v) is 4.53. The number of hydrogen-bond donors (Lipinski definition) is 1. The fourth-order valence-electron chi connectivity index (χ4n) is 3.39. The van der Waals surface area contributed by atoms with Crippen LogP contribution in [-0.2, 0) is 0 Å². The highest BCUT2D eigenvalue weighted by Gasteiger charge is 2.18. The molecule has 0 bridgehead atoms. The first kappa shape index (κ1) is 14.4. The number of fused-ring (bicyclic) bond motifs is 1. The number of piperidine rings is 1. The fraction of sp³-hybridized carbons (Fsp3) is 0.474. The molecule has 2 heteroatoms. The Bertz CT molecular complexity index is 581. The van der Waals surface area contributed by atoms with Crippen molar-refractivity contribution in [3.05, 3.63) is 42.5 Å². The molecule has 2 atom stereocenters. The van der Waals surface area contributed by atoms with Crippen LogP contribution in [0.1, 0.15) is 26.2 Å². The molecule has 112 valence electrons. The van der Waals surface area contributed by atoms with E-state index in [4.69, 9.17) is 4.74 Å². The van der Waals surface area contributed by atoms with Crippen molar-refractivity contribution in [1.82, 2.24) is 0 Å². The van der Waals surface area contributed by atoms with Crippen molar-refractivity contribution >= 4 is 10.8 Å². The predicted molar refractivity (Wildman–Crippen MR) is 88.0 cm³/mol. The molecular weight excluding hydrogens is 258 g/mol. The number of ether oxygens (including phenoxy) is 1. The Morgan fingerprint density at radius 1 is 1.14 bits per heavy atom. The maximum absolute atomic E-state index is 5.92. The van der Waals surface area contributed by atoms with E-state index in [1.165, 1.54) is 43.2 Å². The second-order valence-electron chi connectivity index (χ2n) is 6.41. The third-order valence-electron chi connectivity index (χ3n) is 4.53. The topological polar surface area (TPSA) is 13.7 Å². The van der Waals surface area contributed by atoms with E-state index >= 15 is 0 Å². The quantitative estimate of drug-likeness (QED) is 0.834. The maximum Gasteiger partial charge on any atom is 0.119 e. The first-order valence-corrected chi connectivity index (χ1v) is 8.26. The molecule has 0 spiro atoms. The van der Waals surface area contributed by atoms with E-state index in [1.54, 1.807) is 4.90 Å². The molecule has 2 nitrogen and oxygen atoms in total. The molecule has 1 fully saturated rings. The van der Waals surface area contributed by atoms with Gasteiger partial charge in [-0.15, -0.1) is 0 Å². The second kappa shape index (κ2) is 6.95. The van der Waals surface area contributed by atoms with E-state index in [2.05, 4.69) is 49.4 Å². The van der Waals surface area contributed by atoms with Gasteiger partial charge in [0.25, 0.3) is 0 Å². The van der Waals surface area contributed by atoms with Crippen molar-refractivity contribution in [1.29, 1.82) is 0 Å². The average Bonchev–Trinajstić information content (AvgIpc) is 2.51. The van der Waals surface area contributed by atoms with Gasteiger partial charge in [0.05, 0.1) is 26.2 Å². The summed E-state index contributed by atoms with van der Waals surface area (Å²) < 4.78 is 5.92. The molecule has 0 radical (unpaired) electrons. The molecule has 1 heterocycles. The number of nitrogens with one attached hydrogen (secondary N) is 1. The van der Waals surface area contributed by atoms with E-state index in [1.807, 2.05) is 0 Å². The van der Waals surface area contributed by atoms with Crippen molar-refractivity contribution in [2.24, 2.45) is 5.92 Å². The highest BCUT2D eigenvalue weighted by Crippen LogP contribution is 2.20. The Morgan fingerprint density at radius 2 is 2.00 bits per heavy atom. The number of likely N-dealkylation sites (tertiary alicyclic amines) is 1. The standard InChI is InChI=1S/C19H25NO/c1-16-6-4-11-20(15-16)12-5-13-21-19-10-9-17-7-2-3-8-18(17)14-19/h2-3,7-10,14,16H,4-6,11-13,15H2,1H3/p+1/t16-/m1/s1. The normalized spacial score (nSPS) is 22.3. The zero-order chi connectivity index (χ0) is 14.5. The summed E-state index contributed by atoms with van der Waals surface area (Å²) in [6, 6.07) is 14.8. The molecule has 2 aromatic carbocycles. The van der Waals surface area contributed by atoms with Crippen LogP contribution in [0.2, 0.25) is 0 Å². The zero-order valence-electron chi connectivity index (χ0n) is 13.0. The van der Waals surface area contributed by atoms with Gasteiger partial charge in [-0.3, -0.25) is 0 Å². The lowest BCUT2D eigenvalue weighted by Crippen LogP contribution is -3.13. The minimum Gasteiger partial charge on any atom is -0.493 e. The average molecular weight is 284 g/mol. The first-order valence-electron chi connectivity index (χ1n) is 8.26. The van der Waals surface area contributed by atoms with Gasteiger partial charge in [0.1, 0.15) is 5.75 Å². The minimum atomic E-state index is 0.830. The van der Waals surface area contributed by atoms with Gasteiger partial charge in [-0.2, -0.15) is 0 Å². The van der Waals surface area contributed by atoms with E-state index < -0.39 is 0 Å². The summed E-state index contributed by atoms with van der Waals surface area (Å²) in [5.74, 6) is 1.89. The monoisotopic (exact) mass is 284 g/mol. The number of benzene rings is 2. The Kier molecular flexibility index (Phi) is 4.76. The largest absolute Gasteiger partial charge is 0.493 e. The minimum absolute atomic E-state index is 0.830. The van der Waals surface area contributed by atoms with Crippen LogP contribution in [0.4, 0.5) is 0 Å². The van der Waals surface area contributed by atoms with Gasteiger partial charge in [0.15, 0.2) is 0 Å². The number of hydrogen-bond acceptors (Lipinski definition) is 1. The number of rotatable bonds is 5. The van der Waals surface area contributed by atoms with E-state index in [0.29, 0.717) is 0 Å². The van der Waals surface area contributed by atoms with Crippen molar-refractivity contribution < 1.29 is 9.64 Å². The summed E-state index contributed by atoms with van der Waals surface area (Å²) in [4.78, 5) is 1.76. The summed E-state index contributed by atoms with van der Waals surface area (Å²) in [7, 11) is 0. The molecule has 0 aliphatic carbocycles. The van der Waals surface area contributed by atoms with Crippen LogP contribution in [0.15, 0.2) is 42.5 Å². The van der Waals surface area contributed by atoms with Crippen LogP contribution in [0.3, 0.4) is 0 Å². The molecular formula is C19H26NO+.